The third-order valence-corrected chi connectivity index (χ3v) is 6.01. The number of rotatable bonds is 6. The standard InChI is InChI=1S/C26H22N4O3/c1-29-21-14-8-7-13-20(21)28-23(29)16-27-24(31)22(15-17-9-3-2-4-10-17)30-25(32)18-11-5-6-12-19(18)26(30)33/h2-14,22H,15-16H2,1H3,(H,27,31)/t22-/m0/s1. The van der Waals surface area contributed by atoms with E-state index in [-0.39, 0.29) is 13.0 Å². The fourth-order valence-corrected chi connectivity index (χ4v) is 4.27. The average Bonchev–Trinajstić information content (AvgIpc) is 3.30. The van der Waals surface area contributed by atoms with Gasteiger partial charge in [0.2, 0.25) is 5.91 Å². The number of imide groups is 1. The van der Waals surface area contributed by atoms with Crippen LogP contribution in [0.25, 0.3) is 11.0 Å². The van der Waals surface area contributed by atoms with Crippen molar-refractivity contribution in [3.63, 3.8) is 0 Å². The second kappa shape index (κ2) is 8.35. The normalized spacial score (nSPS) is 13.9. The van der Waals surface area contributed by atoms with E-state index >= 15 is 0 Å². The molecule has 0 unspecified atom stereocenters. The molecule has 1 N–H and O–H groups in total. The molecule has 3 amide bonds. The second-order valence-corrected chi connectivity index (χ2v) is 8.02. The summed E-state index contributed by atoms with van der Waals surface area (Å²) in [6, 6.07) is 22.8. The Hall–Kier alpha value is -4.26. The molecule has 4 aromatic rings. The minimum atomic E-state index is -0.977. The summed E-state index contributed by atoms with van der Waals surface area (Å²) in [4.78, 5) is 45.3. The summed E-state index contributed by atoms with van der Waals surface area (Å²) in [6.07, 6.45) is 0.223. The molecule has 1 aliphatic rings. The van der Waals surface area contributed by atoms with Crippen LogP contribution < -0.4 is 5.32 Å². The highest BCUT2D eigenvalue weighted by Crippen LogP contribution is 2.26. The number of fused-ring (bicyclic) bond motifs is 2. The van der Waals surface area contributed by atoms with Gasteiger partial charge in [0.1, 0.15) is 11.9 Å². The van der Waals surface area contributed by atoms with Gasteiger partial charge in [-0.05, 0) is 29.8 Å². The quantitative estimate of drug-likeness (QED) is 0.469. The molecule has 33 heavy (non-hydrogen) atoms. The first-order chi connectivity index (χ1) is 16.0. The Balaban J connectivity index is 1.43. The summed E-state index contributed by atoms with van der Waals surface area (Å²) in [5.74, 6) is -0.616. The Kier molecular flexibility index (Phi) is 5.22. The number of hydrogen-bond donors (Lipinski definition) is 1. The van der Waals surface area contributed by atoms with E-state index in [1.54, 1.807) is 24.3 Å². The van der Waals surface area contributed by atoms with E-state index in [2.05, 4.69) is 10.3 Å². The molecule has 7 heteroatoms. The number of imidazole rings is 1. The smallest absolute Gasteiger partial charge is 0.262 e. The van der Waals surface area contributed by atoms with Crippen LogP contribution in [0.2, 0.25) is 0 Å². The number of hydrogen-bond acceptors (Lipinski definition) is 4. The number of carbonyl (C=O) groups is 3. The number of aryl methyl sites for hydroxylation is 1. The molecule has 7 nitrogen and oxygen atoms in total. The van der Waals surface area contributed by atoms with Crippen molar-refractivity contribution in [2.45, 2.75) is 19.0 Å². The molecule has 2 heterocycles. The van der Waals surface area contributed by atoms with Crippen LogP contribution in [-0.4, -0.2) is 38.2 Å². The van der Waals surface area contributed by atoms with Gasteiger partial charge >= 0.3 is 0 Å². The minimum Gasteiger partial charge on any atom is -0.347 e. The molecule has 1 aliphatic heterocycles. The number of nitrogens with zero attached hydrogens (tertiary/aromatic N) is 3. The third kappa shape index (κ3) is 3.67. The van der Waals surface area contributed by atoms with E-state index in [1.807, 2.05) is 66.2 Å². The predicted molar refractivity (Wildman–Crippen MR) is 123 cm³/mol. The highest BCUT2D eigenvalue weighted by molar-refractivity contribution is 6.22. The van der Waals surface area contributed by atoms with Crippen molar-refractivity contribution in [3.05, 3.63) is 101 Å². The maximum absolute atomic E-state index is 13.4. The second-order valence-electron chi connectivity index (χ2n) is 8.02. The topological polar surface area (TPSA) is 84.3 Å². The lowest BCUT2D eigenvalue weighted by Gasteiger charge is -2.25. The first-order valence-corrected chi connectivity index (χ1v) is 10.7. The summed E-state index contributed by atoms with van der Waals surface area (Å²) < 4.78 is 1.92. The largest absolute Gasteiger partial charge is 0.347 e. The van der Waals surface area contributed by atoms with Crippen molar-refractivity contribution < 1.29 is 14.4 Å². The summed E-state index contributed by atoms with van der Waals surface area (Å²) >= 11 is 0. The van der Waals surface area contributed by atoms with Crippen LogP contribution in [0.5, 0.6) is 0 Å². The Morgan fingerprint density at radius 1 is 0.879 bits per heavy atom. The molecule has 0 fully saturated rings. The van der Waals surface area contributed by atoms with Crippen molar-refractivity contribution in [1.82, 2.24) is 19.8 Å². The van der Waals surface area contributed by atoms with Crippen LogP contribution >= 0.6 is 0 Å². The van der Waals surface area contributed by atoms with Gasteiger partial charge in [0, 0.05) is 13.5 Å². The van der Waals surface area contributed by atoms with Crippen LogP contribution in [0.4, 0.5) is 0 Å². The SMILES string of the molecule is Cn1c(CNC(=O)[C@H](Cc2ccccc2)N2C(=O)c3ccccc3C2=O)nc2ccccc21. The fourth-order valence-electron chi connectivity index (χ4n) is 4.27. The van der Waals surface area contributed by atoms with Crippen molar-refractivity contribution in [1.29, 1.82) is 0 Å². The van der Waals surface area contributed by atoms with Gasteiger partial charge < -0.3 is 9.88 Å². The van der Waals surface area contributed by atoms with Gasteiger partial charge in [0.05, 0.1) is 28.7 Å². The molecular weight excluding hydrogens is 416 g/mol. The van der Waals surface area contributed by atoms with Crippen molar-refractivity contribution in [2.24, 2.45) is 7.05 Å². The van der Waals surface area contributed by atoms with E-state index in [0.717, 1.165) is 21.5 Å². The first-order valence-electron chi connectivity index (χ1n) is 10.7. The van der Waals surface area contributed by atoms with Crippen molar-refractivity contribution in [3.8, 4) is 0 Å². The highest BCUT2D eigenvalue weighted by Gasteiger charge is 2.42. The number of carbonyl (C=O) groups excluding carboxylic acids is 3. The van der Waals surface area contributed by atoms with Crippen LogP contribution in [0, 0.1) is 0 Å². The molecule has 0 saturated carbocycles. The Bertz CT molecular complexity index is 1340. The lowest BCUT2D eigenvalue weighted by molar-refractivity contribution is -0.125. The van der Waals surface area contributed by atoms with E-state index < -0.39 is 23.8 Å². The molecule has 0 radical (unpaired) electrons. The van der Waals surface area contributed by atoms with Crippen LogP contribution in [0.15, 0.2) is 78.9 Å². The molecule has 1 aromatic heterocycles. The zero-order chi connectivity index (χ0) is 22.9. The van der Waals surface area contributed by atoms with E-state index in [0.29, 0.717) is 17.0 Å². The van der Waals surface area contributed by atoms with Gasteiger partial charge in [0.15, 0.2) is 0 Å². The minimum absolute atomic E-state index is 0.179. The van der Waals surface area contributed by atoms with Gasteiger partial charge in [-0.15, -0.1) is 0 Å². The monoisotopic (exact) mass is 438 g/mol. The molecule has 0 spiro atoms. The van der Waals surface area contributed by atoms with Crippen molar-refractivity contribution >= 4 is 28.8 Å². The molecule has 0 bridgehead atoms. The Labute approximate surface area is 190 Å². The highest BCUT2D eigenvalue weighted by atomic mass is 16.2. The van der Waals surface area contributed by atoms with E-state index in [4.69, 9.17) is 0 Å². The summed E-state index contributed by atoms with van der Waals surface area (Å²) in [5.41, 5.74) is 3.30. The van der Waals surface area contributed by atoms with Crippen molar-refractivity contribution in [2.75, 3.05) is 0 Å². The lowest BCUT2D eigenvalue weighted by atomic mass is 10.0. The number of benzene rings is 3. The Morgan fingerprint density at radius 3 is 2.15 bits per heavy atom. The summed E-state index contributed by atoms with van der Waals surface area (Å²) in [5, 5.41) is 2.90. The maximum atomic E-state index is 13.4. The predicted octanol–water partition coefficient (Wildman–Crippen LogP) is 3.10. The lowest BCUT2D eigenvalue weighted by Crippen LogP contribution is -2.50. The van der Waals surface area contributed by atoms with Crippen LogP contribution in [-0.2, 0) is 24.8 Å². The van der Waals surface area contributed by atoms with E-state index in [1.165, 1.54) is 0 Å². The zero-order valence-corrected chi connectivity index (χ0v) is 18.1. The maximum Gasteiger partial charge on any atom is 0.262 e. The molecule has 0 aliphatic carbocycles. The fraction of sp³-hybridized carbons (Fsp3) is 0.154. The molecule has 0 saturated heterocycles. The number of nitrogens with one attached hydrogen (secondary N) is 1. The first kappa shape index (κ1) is 20.6. The van der Waals surface area contributed by atoms with E-state index in [9.17, 15) is 14.4 Å². The number of amides is 3. The Morgan fingerprint density at radius 2 is 1.48 bits per heavy atom. The molecular formula is C26H22N4O3. The third-order valence-electron chi connectivity index (χ3n) is 6.01. The van der Waals surface area contributed by atoms with Gasteiger partial charge in [-0.1, -0.05) is 54.6 Å². The molecule has 3 aromatic carbocycles. The number of para-hydroxylation sites is 2. The molecule has 1 atom stereocenters. The van der Waals surface area contributed by atoms with Crippen LogP contribution in [0.1, 0.15) is 32.1 Å². The number of aromatic nitrogens is 2. The summed E-state index contributed by atoms with van der Waals surface area (Å²) in [7, 11) is 1.89. The summed E-state index contributed by atoms with van der Waals surface area (Å²) in [6.45, 7) is 0.179. The van der Waals surface area contributed by atoms with Gasteiger partial charge in [-0.25, -0.2) is 4.98 Å². The average molecular weight is 438 g/mol. The van der Waals surface area contributed by atoms with Crippen LogP contribution in [0.3, 0.4) is 0 Å². The van der Waals surface area contributed by atoms with Gasteiger partial charge in [-0.3, -0.25) is 19.3 Å². The zero-order valence-electron chi connectivity index (χ0n) is 18.1. The molecule has 164 valence electrons. The molecule has 5 rings (SSSR count). The van der Waals surface area contributed by atoms with Gasteiger partial charge in [-0.2, -0.15) is 0 Å². The van der Waals surface area contributed by atoms with Gasteiger partial charge in [0.25, 0.3) is 11.8 Å².